The fraction of sp³-hybridized carbons (Fsp3) is 0.182. The molecule has 30 heavy (non-hydrogen) atoms. The van der Waals surface area contributed by atoms with Crippen molar-refractivity contribution in [3.05, 3.63) is 76.2 Å². The third-order valence-corrected chi connectivity index (χ3v) is 4.80. The summed E-state index contributed by atoms with van der Waals surface area (Å²) in [6.45, 7) is 6.16. The van der Waals surface area contributed by atoms with Gasteiger partial charge in [0, 0.05) is 6.54 Å². The van der Waals surface area contributed by atoms with Crippen LogP contribution in [-0.2, 0) is 11.4 Å². The van der Waals surface area contributed by atoms with Crippen LogP contribution in [0.3, 0.4) is 0 Å². The van der Waals surface area contributed by atoms with Gasteiger partial charge in [0.1, 0.15) is 18.1 Å². The Kier molecular flexibility index (Phi) is 6.89. The first-order valence-corrected chi connectivity index (χ1v) is 10.0. The summed E-state index contributed by atoms with van der Waals surface area (Å²) in [5.41, 5.74) is 1.61. The summed E-state index contributed by atoms with van der Waals surface area (Å²) in [6.07, 6.45) is 3.05. The van der Waals surface area contributed by atoms with Crippen molar-refractivity contribution >= 4 is 33.9 Å². The summed E-state index contributed by atoms with van der Waals surface area (Å²) < 4.78 is 25.3. The molecule has 0 saturated carbocycles. The predicted molar refractivity (Wildman–Crippen MR) is 114 cm³/mol. The van der Waals surface area contributed by atoms with Gasteiger partial charge in [-0.3, -0.25) is 9.69 Å². The van der Waals surface area contributed by atoms with Gasteiger partial charge in [-0.05, 0) is 64.3 Å². The summed E-state index contributed by atoms with van der Waals surface area (Å²) in [5, 5.41) is 2.56. The molecule has 1 heterocycles. The molecule has 0 spiro atoms. The van der Waals surface area contributed by atoms with Gasteiger partial charge in [0.15, 0.2) is 11.5 Å². The van der Waals surface area contributed by atoms with Crippen LogP contribution in [0.1, 0.15) is 18.1 Å². The van der Waals surface area contributed by atoms with Gasteiger partial charge in [0.25, 0.3) is 5.91 Å². The van der Waals surface area contributed by atoms with Crippen molar-refractivity contribution in [2.45, 2.75) is 13.5 Å². The van der Waals surface area contributed by atoms with Crippen molar-refractivity contribution in [3.63, 3.8) is 0 Å². The molecule has 2 aromatic carbocycles. The SMILES string of the molecule is C=CCN1C(=O)N/C(=C/c2cc(Br)c(OCc3ccc(F)cc3)c(OCC)c2)C1=O. The molecular formula is C22H20BrFN2O4. The zero-order valence-corrected chi connectivity index (χ0v) is 17.9. The lowest BCUT2D eigenvalue weighted by molar-refractivity contribution is -0.122. The molecule has 3 amide bonds. The van der Waals surface area contributed by atoms with Crippen LogP contribution in [0, 0.1) is 5.82 Å². The van der Waals surface area contributed by atoms with Crippen molar-refractivity contribution in [3.8, 4) is 11.5 Å². The number of benzene rings is 2. The van der Waals surface area contributed by atoms with E-state index in [-0.39, 0.29) is 24.7 Å². The minimum atomic E-state index is -0.491. The lowest BCUT2D eigenvalue weighted by Gasteiger charge is -2.15. The lowest BCUT2D eigenvalue weighted by atomic mass is 10.1. The summed E-state index contributed by atoms with van der Waals surface area (Å²) in [5.74, 6) is 0.220. The summed E-state index contributed by atoms with van der Waals surface area (Å²) >= 11 is 3.48. The van der Waals surface area contributed by atoms with Crippen LogP contribution in [0.5, 0.6) is 11.5 Å². The first-order valence-electron chi connectivity index (χ1n) is 9.22. The van der Waals surface area contributed by atoms with Gasteiger partial charge >= 0.3 is 6.03 Å². The van der Waals surface area contributed by atoms with Gasteiger partial charge in [0.05, 0.1) is 11.1 Å². The molecule has 0 atom stereocenters. The molecule has 8 heteroatoms. The first-order chi connectivity index (χ1) is 14.4. The minimum absolute atomic E-state index is 0.131. The molecule has 1 N–H and O–H groups in total. The van der Waals surface area contributed by atoms with Crippen molar-refractivity contribution in [2.24, 2.45) is 0 Å². The summed E-state index contributed by atoms with van der Waals surface area (Å²) in [6, 6.07) is 9.01. The van der Waals surface area contributed by atoms with Crippen molar-refractivity contribution in [1.82, 2.24) is 10.2 Å². The second-order valence-corrected chi connectivity index (χ2v) is 7.23. The number of amides is 3. The van der Waals surface area contributed by atoms with Crippen molar-refractivity contribution in [1.29, 1.82) is 0 Å². The zero-order chi connectivity index (χ0) is 21.7. The second-order valence-electron chi connectivity index (χ2n) is 6.37. The van der Waals surface area contributed by atoms with Gasteiger partial charge < -0.3 is 14.8 Å². The van der Waals surface area contributed by atoms with Gasteiger partial charge in [-0.1, -0.05) is 18.2 Å². The Morgan fingerprint density at radius 2 is 1.93 bits per heavy atom. The van der Waals surface area contributed by atoms with E-state index in [1.54, 1.807) is 30.3 Å². The number of ether oxygens (including phenoxy) is 2. The highest BCUT2D eigenvalue weighted by molar-refractivity contribution is 9.10. The molecule has 1 aliphatic rings. The molecule has 3 rings (SSSR count). The maximum Gasteiger partial charge on any atom is 0.329 e. The number of halogens is 2. The number of nitrogens with zero attached hydrogens (tertiary/aromatic N) is 1. The maximum atomic E-state index is 13.1. The minimum Gasteiger partial charge on any atom is -0.490 e. The molecule has 0 radical (unpaired) electrons. The van der Waals surface area contributed by atoms with Crippen LogP contribution in [-0.4, -0.2) is 30.0 Å². The van der Waals surface area contributed by atoms with Crippen LogP contribution in [0.15, 0.2) is 59.2 Å². The third-order valence-electron chi connectivity index (χ3n) is 4.21. The smallest absolute Gasteiger partial charge is 0.329 e. The predicted octanol–water partition coefficient (Wildman–Crippen LogP) is 4.64. The lowest BCUT2D eigenvalue weighted by Crippen LogP contribution is -2.30. The van der Waals surface area contributed by atoms with E-state index >= 15 is 0 Å². The number of carbonyl (C=O) groups is 2. The molecule has 1 fully saturated rings. The Morgan fingerprint density at radius 1 is 1.20 bits per heavy atom. The van der Waals surface area contributed by atoms with E-state index in [9.17, 15) is 14.0 Å². The maximum absolute atomic E-state index is 13.1. The molecule has 2 aromatic rings. The Labute approximate surface area is 182 Å². The van der Waals surface area contributed by atoms with Gasteiger partial charge in [-0.15, -0.1) is 6.58 Å². The number of hydrogen-bond acceptors (Lipinski definition) is 4. The molecule has 0 bridgehead atoms. The topological polar surface area (TPSA) is 67.9 Å². The highest BCUT2D eigenvalue weighted by Crippen LogP contribution is 2.38. The first kappa shape index (κ1) is 21.6. The van der Waals surface area contributed by atoms with E-state index in [0.29, 0.717) is 28.1 Å². The number of rotatable bonds is 8. The van der Waals surface area contributed by atoms with Gasteiger partial charge in [0.2, 0.25) is 0 Å². The Hall–Kier alpha value is -3.13. The summed E-state index contributed by atoms with van der Waals surface area (Å²) in [4.78, 5) is 25.4. The standard InChI is InChI=1S/C22H20BrFN2O4/c1-3-9-26-21(27)18(25-22(26)28)11-15-10-17(23)20(19(12-15)29-4-2)30-13-14-5-7-16(24)8-6-14/h3,5-8,10-12H,1,4,9,13H2,2H3,(H,25,28)/b18-11+. The number of urea groups is 1. The van der Waals surface area contributed by atoms with Crippen molar-refractivity contribution in [2.75, 3.05) is 13.2 Å². The molecular weight excluding hydrogens is 455 g/mol. The van der Waals surface area contributed by atoms with Crippen molar-refractivity contribution < 1.29 is 23.5 Å². The Bertz CT molecular complexity index is 1000. The number of hydrogen-bond donors (Lipinski definition) is 1. The van der Waals surface area contributed by atoms with Crippen LogP contribution in [0.2, 0.25) is 0 Å². The average molecular weight is 475 g/mol. The highest BCUT2D eigenvalue weighted by Gasteiger charge is 2.32. The van der Waals surface area contributed by atoms with Crippen LogP contribution in [0.25, 0.3) is 6.08 Å². The normalized spacial score (nSPS) is 14.8. The van der Waals surface area contributed by atoms with Crippen LogP contribution >= 0.6 is 15.9 Å². The fourth-order valence-corrected chi connectivity index (χ4v) is 3.42. The van der Waals surface area contributed by atoms with Gasteiger partial charge in [-0.2, -0.15) is 0 Å². The molecule has 6 nitrogen and oxygen atoms in total. The quantitative estimate of drug-likeness (QED) is 0.343. The molecule has 0 aromatic heterocycles. The molecule has 0 unspecified atom stereocenters. The van der Waals surface area contributed by atoms with Crippen LogP contribution < -0.4 is 14.8 Å². The molecule has 0 aliphatic carbocycles. The van der Waals surface area contributed by atoms with E-state index in [4.69, 9.17) is 9.47 Å². The number of carbonyl (C=O) groups excluding carboxylic acids is 2. The third kappa shape index (κ3) is 4.88. The van der Waals surface area contributed by atoms with Gasteiger partial charge in [-0.25, -0.2) is 9.18 Å². The fourth-order valence-electron chi connectivity index (χ4n) is 2.84. The Balaban J connectivity index is 1.85. The van der Waals surface area contributed by atoms with E-state index in [0.717, 1.165) is 10.5 Å². The molecule has 1 saturated heterocycles. The van der Waals surface area contributed by atoms with E-state index in [1.807, 2.05) is 6.92 Å². The van der Waals surface area contributed by atoms with Crippen LogP contribution in [0.4, 0.5) is 9.18 Å². The zero-order valence-electron chi connectivity index (χ0n) is 16.3. The molecule has 1 aliphatic heterocycles. The van der Waals surface area contributed by atoms with E-state index < -0.39 is 11.9 Å². The van der Waals surface area contributed by atoms with E-state index in [1.165, 1.54) is 18.2 Å². The highest BCUT2D eigenvalue weighted by atomic mass is 79.9. The largest absolute Gasteiger partial charge is 0.490 e. The molecule has 156 valence electrons. The Morgan fingerprint density at radius 3 is 2.60 bits per heavy atom. The second kappa shape index (κ2) is 9.58. The average Bonchev–Trinajstić information content (AvgIpc) is 2.97. The van der Waals surface area contributed by atoms with E-state index in [2.05, 4.69) is 27.8 Å². The summed E-state index contributed by atoms with van der Waals surface area (Å²) in [7, 11) is 0. The monoisotopic (exact) mass is 474 g/mol. The number of imide groups is 1. The number of nitrogens with one attached hydrogen (secondary N) is 1.